The number of amides is 2. The molecule has 0 saturated carbocycles. The molecule has 1 atom stereocenters. The van der Waals surface area contributed by atoms with Gasteiger partial charge in [0.15, 0.2) is 0 Å². The van der Waals surface area contributed by atoms with Crippen molar-refractivity contribution in [1.82, 2.24) is 14.9 Å². The zero-order valence-electron chi connectivity index (χ0n) is 12.9. The molecule has 7 nitrogen and oxygen atoms in total. The summed E-state index contributed by atoms with van der Waals surface area (Å²) < 4.78 is 1.54. The standard InChI is InChI=1S/C16H18N4O3/c1-19-8-2-3-9-11(19)5-4-10-14(9)20(16(23)17-10)12-6-7-13(21)18-15(12)22/h4-5,12H,2-3,6-8H2,1H3,(H,17,23)(H,18,21,22). The molecule has 1 aromatic heterocycles. The summed E-state index contributed by atoms with van der Waals surface area (Å²) in [5, 5.41) is 2.34. The Morgan fingerprint density at radius 1 is 1.17 bits per heavy atom. The normalized spacial score (nSPS) is 21.4. The van der Waals surface area contributed by atoms with Crippen molar-refractivity contribution in [3.05, 3.63) is 28.2 Å². The van der Waals surface area contributed by atoms with E-state index in [9.17, 15) is 14.4 Å². The molecule has 2 amide bonds. The zero-order valence-corrected chi connectivity index (χ0v) is 12.9. The fraction of sp³-hybridized carbons (Fsp3) is 0.438. The van der Waals surface area contributed by atoms with Crippen LogP contribution in [-0.2, 0) is 16.0 Å². The van der Waals surface area contributed by atoms with Crippen molar-refractivity contribution < 1.29 is 9.59 Å². The molecule has 2 aromatic rings. The van der Waals surface area contributed by atoms with Crippen molar-refractivity contribution in [2.75, 3.05) is 18.5 Å². The number of aromatic amines is 1. The smallest absolute Gasteiger partial charge is 0.327 e. The van der Waals surface area contributed by atoms with Crippen LogP contribution in [0.5, 0.6) is 0 Å². The third-order valence-corrected chi connectivity index (χ3v) is 4.81. The van der Waals surface area contributed by atoms with Crippen molar-refractivity contribution in [3.8, 4) is 0 Å². The molecule has 1 unspecified atom stereocenters. The fourth-order valence-electron chi connectivity index (χ4n) is 3.72. The summed E-state index contributed by atoms with van der Waals surface area (Å²) >= 11 is 0. The van der Waals surface area contributed by atoms with Crippen molar-refractivity contribution in [1.29, 1.82) is 0 Å². The van der Waals surface area contributed by atoms with Gasteiger partial charge in [0.25, 0.3) is 0 Å². The van der Waals surface area contributed by atoms with E-state index >= 15 is 0 Å². The largest absolute Gasteiger partial charge is 0.374 e. The molecule has 2 N–H and O–H groups in total. The second-order valence-electron chi connectivity index (χ2n) is 6.25. The van der Waals surface area contributed by atoms with Crippen molar-refractivity contribution >= 4 is 28.5 Å². The van der Waals surface area contributed by atoms with Gasteiger partial charge in [0.2, 0.25) is 11.8 Å². The Kier molecular flexibility index (Phi) is 3.04. The van der Waals surface area contributed by atoms with E-state index in [0.29, 0.717) is 6.42 Å². The maximum absolute atomic E-state index is 12.5. The molecule has 0 radical (unpaired) electrons. The summed E-state index contributed by atoms with van der Waals surface area (Å²) in [6.45, 7) is 0.978. The summed E-state index contributed by atoms with van der Waals surface area (Å²) in [5.41, 5.74) is 3.45. The number of hydrogen-bond acceptors (Lipinski definition) is 4. The Morgan fingerprint density at radius 3 is 2.78 bits per heavy atom. The molecule has 4 rings (SSSR count). The molecule has 0 aliphatic carbocycles. The lowest BCUT2D eigenvalue weighted by Crippen LogP contribution is -2.44. The number of nitrogens with one attached hydrogen (secondary N) is 2. The number of piperidine rings is 1. The molecule has 2 aliphatic rings. The predicted molar refractivity (Wildman–Crippen MR) is 85.6 cm³/mol. The number of H-pyrrole nitrogens is 1. The van der Waals surface area contributed by atoms with Crippen LogP contribution < -0.4 is 15.9 Å². The highest BCUT2D eigenvalue weighted by atomic mass is 16.2. The van der Waals surface area contributed by atoms with Crippen LogP contribution in [0.2, 0.25) is 0 Å². The zero-order chi connectivity index (χ0) is 16.1. The molecular weight excluding hydrogens is 296 g/mol. The van der Waals surface area contributed by atoms with Crippen LogP contribution in [0.15, 0.2) is 16.9 Å². The van der Waals surface area contributed by atoms with Crippen LogP contribution in [0.4, 0.5) is 5.69 Å². The highest BCUT2D eigenvalue weighted by Gasteiger charge is 2.32. The predicted octanol–water partition coefficient (Wildman–Crippen LogP) is 0.690. The van der Waals surface area contributed by atoms with E-state index in [1.807, 2.05) is 19.2 Å². The third-order valence-electron chi connectivity index (χ3n) is 4.81. The van der Waals surface area contributed by atoms with Crippen molar-refractivity contribution in [3.63, 3.8) is 0 Å². The minimum absolute atomic E-state index is 0.254. The average Bonchev–Trinajstić information content (AvgIpc) is 2.84. The number of anilines is 1. The van der Waals surface area contributed by atoms with Crippen LogP contribution in [0.1, 0.15) is 30.9 Å². The minimum atomic E-state index is -0.632. The van der Waals surface area contributed by atoms with Gasteiger partial charge in [-0.05, 0) is 31.4 Å². The second kappa shape index (κ2) is 4.97. The molecular formula is C16H18N4O3. The van der Waals surface area contributed by atoms with E-state index in [1.165, 1.54) is 4.57 Å². The number of rotatable bonds is 1. The minimum Gasteiger partial charge on any atom is -0.374 e. The number of hydrogen-bond donors (Lipinski definition) is 2. The number of fused-ring (bicyclic) bond motifs is 3. The molecule has 120 valence electrons. The number of aryl methyl sites for hydroxylation is 1. The Labute approximate surface area is 132 Å². The van der Waals surface area contributed by atoms with Gasteiger partial charge in [-0.3, -0.25) is 19.5 Å². The van der Waals surface area contributed by atoms with Crippen molar-refractivity contribution in [2.24, 2.45) is 0 Å². The number of carbonyl (C=O) groups is 2. The van der Waals surface area contributed by atoms with Crippen LogP contribution in [-0.4, -0.2) is 35.0 Å². The lowest BCUT2D eigenvalue weighted by molar-refractivity contribution is -0.135. The van der Waals surface area contributed by atoms with Gasteiger partial charge in [-0.25, -0.2) is 4.79 Å². The van der Waals surface area contributed by atoms with Gasteiger partial charge in [0, 0.05) is 31.3 Å². The first-order chi connectivity index (χ1) is 11.1. The van der Waals surface area contributed by atoms with Gasteiger partial charge in [-0.15, -0.1) is 0 Å². The van der Waals surface area contributed by atoms with Gasteiger partial charge in [-0.1, -0.05) is 0 Å². The van der Waals surface area contributed by atoms with E-state index in [1.54, 1.807) is 0 Å². The van der Waals surface area contributed by atoms with Crippen LogP contribution in [0, 0.1) is 0 Å². The SMILES string of the molecule is CN1CCCc2c1ccc1[nH]c(=O)n(C3CCC(=O)NC3=O)c21. The summed E-state index contributed by atoms with van der Waals surface area (Å²) in [7, 11) is 2.03. The summed E-state index contributed by atoms with van der Waals surface area (Å²) in [6.07, 6.45) is 2.50. The monoisotopic (exact) mass is 314 g/mol. The van der Waals surface area contributed by atoms with Gasteiger partial charge in [0.1, 0.15) is 6.04 Å². The molecule has 0 bridgehead atoms. The summed E-state index contributed by atoms with van der Waals surface area (Å²) in [6, 6.07) is 3.27. The second-order valence-corrected chi connectivity index (χ2v) is 6.25. The molecule has 7 heteroatoms. The number of imidazole rings is 1. The Bertz CT molecular complexity index is 879. The Morgan fingerprint density at radius 2 is 2.00 bits per heavy atom. The Balaban J connectivity index is 1.94. The number of aromatic nitrogens is 2. The maximum Gasteiger partial charge on any atom is 0.327 e. The van der Waals surface area contributed by atoms with E-state index in [-0.39, 0.29) is 18.0 Å². The topological polar surface area (TPSA) is 87.2 Å². The number of imide groups is 1. The quantitative estimate of drug-likeness (QED) is 0.758. The molecule has 0 spiro atoms. The first-order valence-corrected chi connectivity index (χ1v) is 7.87. The fourth-order valence-corrected chi connectivity index (χ4v) is 3.72. The summed E-state index contributed by atoms with van der Waals surface area (Å²) in [5.74, 6) is -0.674. The van der Waals surface area contributed by atoms with E-state index in [4.69, 9.17) is 0 Å². The summed E-state index contributed by atoms with van der Waals surface area (Å²) in [4.78, 5) is 41.1. The van der Waals surface area contributed by atoms with Gasteiger partial charge in [-0.2, -0.15) is 0 Å². The van der Waals surface area contributed by atoms with Crippen molar-refractivity contribution in [2.45, 2.75) is 31.7 Å². The highest BCUT2D eigenvalue weighted by molar-refractivity contribution is 6.00. The van der Waals surface area contributed by atoms with Crippen LogP contribution in [0.25, 0.3) is 11.0 Å². The third kappa shape index (κ3) is 2.07. The number of carbonyl (C=O) groups excluding carboxylic acids is 2. The van der Waals surface area contributed by atoms with Crippen LogP contribution in [0.3, 0.4) is 0 Å². The highest BCUT2D eigenvalue weighted by Crippen LogP contribution is 2.33. The molecule has 3 heterocycles. The maximum atomic E-state index is 12.5. The molecule has 1 aromatic carbocycles. The first kappa shape index (κ1) is 14.0. The molecule has 23 heavy (non-hydrogen) atoms. The van der Waals surface area contributed by atoms with Crippen LogP contribution >= 0.6 is 0 Å². The Hall–Kier alpha value is -2.57. The van der Waals surface area contributed by atoms with E-state index in [0.717, 1.165) is 41.7 Å². The lowest BCUT2D eigenvalue weighted by Gasteiger charge is -2.29. The number of benzene rings is 1. The van der Waals surface area contributed by atoms with Gasteiger partial charge in [0.05, 0.1) is 11.0 Å². The molecule has 1 fully saturated rings. The van der Waals surface area contributed by atoms with Gasteiger partial charge >= 0.3 is 5.69 Å². The average molecular weight is 314 g/mol. The molecule has 2 aliphatic heterocycles. The van der Waals surface area contributed by atoms with E-state index in [2.05, 4.69) is 15.2 Å². The van der Waals surface area contributed by atoms with Gasteiger partial charge < -0.3 is 9.88 Å². The lowest BCUT2D eigenvalue weighted by atomic mass is 9.99. The number of nitrogens with zero attached hydrogens (tertiary/aromatic N) is 2. The van der Waals surface area contributed by atoms with E-state index < -0.39 is 11.9 Å². The first-order valence-electron chi connectivity index (χ1n) is 7.87. The molecule has 1 saturated heterocycles.